The van der Waals surface area contributed by atoms with Crippen molar-refractivity contribution in [3.8, 4) is 0 Å². The molecular weight excluding hydrogens is 276 g/mol. The summed E-state index contributed by atoms with van der Waals surface area (Å²) in [5.74, 6) is -0.724. The molecule has 0 fully saturated rings. The normalized spacial score (nSPS) is 10.5. The summed E-state index contributed by atoms with van der Waals surface area (Å²) in [4.78, 5) is 21.4. The fourth-order valence-corrected chi connectivity index (χ4v) is 2.04. The highest BCUT2D eigenvalue weighted by Crippen LogP contribution is 2.21. The van der Waals surface area contributed by atoms with Gasteiger partial charge in [0.2, 0.25) is 0 Å². The van der Waals surface area contributed by atoms with Crippen molar-refractivity contribution in [3.05, 3.63) is 63.1 Å². The lowest BCUT2D eigenvalue weighted by atomic mass is 10.1. The lowest BCUT2D eigenvalue weighted by Crippen LogP contribution is -2.15. The molecule has 0 radical (unpaired) electrons. The fourth-order valence-electron chi connectivity index (χ4n) is 2.04. The number of carboxylic acid groups (broad SMARTS) is 1. The first-order valence-electron chi connectivity index (χ1n) is 6.24. The molecule has 7 heteroatoms. The molecule has 2 rings (SSSR count). The van der Waals surface area contributed by atoms with Crippen LogP contribution in [0.5, 0.6) is 0 Å². The van der Waals surface area contributed by atoms with Crippen LogP contribution in [0.1, 0.15) is 27.2 Å². The Bertz CT molecular complexity index is 678. The Morgan fingerprint density at radius 3 is 2.81 bits per heavy atom. The molecule has 0 aliphatic heterocycles. The first-order valence-corrected chi connectivity index (χ1v) is 6.24. The Morgan fingerprint density at radius 1 is 1.38 bits per heavy atom. The van der Waals surface area contributed by atoms with Crippen LogP contribution in [0.25, 0.3) is 0 Å². The fraction of sp³-hybridized carbons (Fsp3) is 0.214. The number of hydrogen-bond donors (Lipinski definition) is 2. The van der Waals surface area contributed by atoms with Crippen LogP contribution in [-0.2, 0) is 13.1 Å². The summed E-state index contributed by atoms with van der Waals surface area (Å²) in [6.45, 7) is 2.30. The molecule has 7 nitrogen and oxygen atoms in total. The van der Waals surface area contributed by atoms with Gasteiger partial charge in [-0.3, -0.25) is 10.1 Å². The Kier molecular flexibility index (Phi) is 4.34. The van der Waals surface area contributed by atoms with E-state index in [9.17, 15) is 14.9 Å². The summed E-state index contributed by atoms with van der Waals surface area (Å²) in [6, 6.07) is 6.25. The number of carbonyl (C=O) groups is 1. The van der Waals surface area contributed by atoms with Crippen molar-refractivity contribution in [3.63, 3.8) is 0 Å². The van der Waals surface area contributed by atoms with Gasteiger partial charge >= 0.3 is 5.97 Å². The molecule has 1 aromatic carbocycles. The molecule has 0 aliphatic carbocycles. The summed E-state index contributed by atoms with van der Waals surface area (Å²) < 4.78 is 5.10. The van der Waals surface area contributed by atoms with Gasteiger partial charge in [0.15, 0.2) is 0 Å². The van der Waals surface area contributed by atoms with E-state index in [0.29, 0.717) is 17.9 Å². The topological polar surface area (TPSA) is 106 Å². The molecule has 0 aliphatic rings. The zero-order valence-electron chi connectivity index (χ0n) is 11.3. The number of nitrogens with one attached hydrogen (secondary N) is 1. The third kappa shape index (κ3) is 3.26. The summed E-state index contributed by atoms with van der Waals surface area (Å²) in [6.07, 6.45) is 1.32. The predicted molar refractivity (Wildman–Crippen MR) is 74.0 cm³/mol. The van der Waals surface area contributed by atoms with E-state index in [1.807, 2.05) is 0 Å². The van der Waals surface area contributed by atoms with Gasteiger partial charge in [-0.05, 0) is 18.6 Å². The Labute approximate surface area is 120 Å². The van der Waals surface area contributed by atoms with Crippen molar-refractivity contribution < 1.29 is 19.2 Å². The second-order valence-electron chi connectivity index (χ2n) is 4.48. The van der Waals surface area contributed by atoms with Crippen LogP contribution in [0.4, 0.5) is 5.69 Å². The summed E-state index contributed by atoms with van der Waals surface area (Å²) in [5.41, 5.74) is 1.55. The molecule has 0 amide bonds. The number of aromatic carboxylic acids is 1. The van der Waals surface area contributed by atoms with Crippen LogP contribution in [0, 0.1) is 17.0 Å². The number of nitrogens with zero attached hydrogens (tertiary/aromatic N) is 1. The number of rotatable bonds is 6. The van der Waals surface area contributed by atoms with E-state index in [2.05, 4.69) is 5.32 Å². The van der Waals surface area contributed by atoms with Crippen LogP contribution in [0.15, 0.2) is 34.9 Å². The summed E-state index contributed by atoms with van der Waals surface area (Å²) in [5, 5.41) is 22.8. The van der Waals surface area contributed by atoms with Crippen molar-refractivity contribution in [2.75, 3.05) is 0 Å². The van der Waals surface area contributed by atoms with Crippen molar-refractivity contribution >= 4 is 11.7 Å². The molecule has 0 saturated heterocycles. The number of nitro groups is 1. The maximum absolute atomic E-state index is 10.9. The first-order chi connectivity index (χ1) is 10.0. The highest BCUT2D eigenvalue weighted by Gasteiger charge is 2.15. The minimum Gasteiger partial charge on any atom is -0.478 e. The maximum Gasteiger partial charge on any atom is 0.339 e. The number of nitro benzene ring substituents is 1. The molecule has 110 valence electrons. The lowest BCUT2D eigenvalue weighted by molar-refractivity contribution is -0.385. The number of benzene rings is 1. The van der Waals surface area contributed by atoms with E-state index in [1.54, 1.807) is 19.1 Å². The number of carboxylic acids is 1. The van der Waals surface area contributed by atoms with E-state index >= 15 is 0 Å². The van der Waals surface area contributed by atoms with Gasteiger partial charge in [-0.1, -0.05) is 12.1 Å². The van der Waals surface area contributed by atoms with E-state index < -0.39 is 10.9 Å². The Balaban J connectivity index is 2.04. The largest absolute Gasteiger partial charge is 0.478 e. The monoisotopic (exact) mass is 290 g/mol. The van der Waals surface area contributed by atoms with E-state index in [4.69, 9.17) is 9.52 Å². The molecule has 2 aromatic rings. The minimum absolute atomic E-state index is 0.0681. The van der Waals surface area contributed by atoms with Gasteiger partial charge in [0.25, 0.3) is 5.69 Å². The molecule has 0 saturated carbocycles. The van der Waals surface area contributed by atoms with Crippen LogP contribution in [-0.4, -0.2) is 16.0 Å². The van der Waals surface area contributed by atoms with Crippen LogP contribution < -0.4 is 5.32 Å². The Hall–Kier alpha value is -2.67. The van der Waals surface area contributed by atoms with Gasteiger partial charge in [-0.15, -0.1) is 0 Å². The van der Waals surface area contributed by atoms with Crippen molar-refractivity contribution in [2.45, 2.75) is 20.0 Å². The first kappa shape index (κ1) is 14.7. The van der Waals surface area contributed by atoms with Gasteiger partial charge in [-0.2, -0.15) is 0 Å². The van der Waals surface area contributed by atoms with E-state index in [0.717, 1.165) is 5.56 Å². The number of hydrogen-bond acceptors (Lipinski definition) is 5. The quantitative estimate of drug-likeness (QED) is 0.625. The smallest absolute Gasteiger partial charge is 0.339 e. The maximum atomic E-state index is 10.9. The van der Waals surface area contributed by atoms with Gasteiger partial charge in [0.05, 0.1) is 17.7 Å². The summed E-state index contributed by atoms with van der Waals surface area (Å²) in [7, 11) is 0. The molecule has 21 heavy (non-hydrogen) atoms. The van der Waals surface area contributed by atoms with Crippen LogP contribution in [0.3, 0.4) is 0 Å². The second kappa shape index (κ2) is 6.19. The van der Waals surface area contributed by atoms with Crippen LogP contribution >= 0.6 is 0 Å². The molecule has 1 heterocycles. The van der Waals surface area contributed by atoms with Crippen molar-refractivity contribution in [1.82, 2.24) is 5.32 Å². The zero-order valence-corrected chi connectivity index (χ0v) is 11.3. The SMILES string of the molecule is Cc1c(CNCc2occc2C(=O)O)cccc1[N+](=O)[O-]. The highest BCUT2D eigenvalue weighted by molar-refractivity contribution is 5.88. The average Bonchev–Trinajstić information content (AvgIpc) is 2.89. The Morgan fingerprint density at radius 2 is 2.14 bits per heavy atom. The standard InChI is InChI=1S/C14H14N2O5/c1-9-10(3-2-4-12(9)16(19)20)7-15-8-13-11(14(17)18)5-6-21-13/h2-6,15H,7-8H2,1H3,(H,17,18). The lowest BCUT2D eigenvalue weighted by Gasteiger charge is -2.07. The second-order valence-corrected chi connectivity index (χ2v) is 4.48. The molecule has 0 spiro atoms. The van der Waals surface area contributed by atoms with E-state index in [1.165, 1.54) is 18.4 Å². The van der Waals surface area contributed by atoms with E-state index in [-0.39, 0.29) is 17.8 Å². The predicted octanol–water partition coefficient (Wildman–Crippen LogP) is 2.48. The number of furan rings is 1. The molecule has 0 bridgehead atoms. The van der Waals surface area contributed by atoms with Gasteiger partial charge in [0, 0.05) is 18.2 Å². The third-order valence-corrected chi connectivity index (χ3v) is 3.19. The third-order valence-electron chi connectivity index (χ3n) is 3.19. The molecule has 0 unspecified atom stereocenters. The van der Waals surface area contributed by atoms with Crippen molar-refractivity contribution in [2.24, 2.45) is 0 Å². The van der Waals surface area contributed by atoms with Gasteiger partial charge < -0.3 is 14.8 Å². The zero-order chi connectivity index (χ0) is 15.4. The minimum atomic E-state index is -1.05. The van der Waals surface area contributed by atoms with Gasteiger partial charge in [-0.25, -0.2) is 4.79 Å². The van der Waals surface area contributed by atoms with Crippen LogP contribution in [0.2, 0.25) is 0 Å². The highest BCUT2D eigenvalue weighted by atomic mass is 16.6. The molecule has 2 N–H and O–H groups in total. The molecule has 0 atom stereocenters. The molecular formula is C14H14N2O5. The van der Waals surface area contributed by atoms with Crippen molar-refractivity contribution in [1.29, 1.82) is 0 Å². The van der Waals surface area contributed by atoms with Gasteiger partial charge in [0.1, 0.15) is 11.3 Å². The molecule has 1 aromatic heterocycles. The summed E-state index contributed by atoms with van der Waals surface area (Å²) >= 11 is 0. The average molecular weight is 290 g/mol.